The average Bonchev–Trinajstić information content (AvgIpc) is 3.14. The van der Waals surface area contributed by atoms with Crippen LogP contribution in [0.4, 0.5) is 11.4 Å². The Morgan fingerprint density at radius 2 is 2.04 bits per heavy atom. The number of nitrogens with zero attached hydrogens (tertiary/aromatic N) is 3. The van der Waals surface area contributed by atoms with E-state index in [9.17, 15) is 9.59 Å². The number of rotatable bonds is 2. The summed E-state index contributed by atoms with van der Waals surface area (Å²) in [5.41, 5.74) is 4.60. The van der Waals surface area contributed by atoms with Gasteiger partial charge in [0.05, 0.1) is 5.69 Å². The molecule has 6 heteroatoms. The van der Waals surface area contributed by atoms with Crippen molar-refractivity contribution >= 4 is 28.8 Å². The molecular formula is C19H18N4O2. The van der Waals surface area contributed by atoms with Crippen molar-refractivity contribution < 1.29 is 9.59 Å². The molecule has 0 saturated heterocycles. The first-order valence-corrected chi connectivity index (χ1v) is 8.20. The minimum Gasteiger partial charge on any atom is -0.321 e. The first-order valence-electron chi connectivity index (χ1n) is 8.20. The highest BCUT2D eigenvalue weighted by molar-refractivity contribution is 6.05. The Balaban J connectivity index is 1.66. The van der Waals surface area contributed by atoms with Gasteiger partial charge in [-0.1, -0.05) is 12.1 Å². The summed E-state index contributed by atoms with van der Waals surface area (Å²) in [6, 6.07) is 11.3. The van der Waals surface area contributed by atoms with Crippen molar-refractivity contribution in [3.05, 3.63) is 59.5 Å². The van der Waals surface area contributed by atoms with Crippen molar-refractivity contribution in [2.45, 2.75) is 20.3 Å². The van der Waals surface area contributed by atoms with Crippen LogP contribution in [0.25, 0.3) is 5.65 Å². The van der Waals surface area contributed by atoms with Gasteiger partial charge in [0, 0.05) is 31.0 Å². The number of aromatic nitrogens is 2. The average molecular weight is 334 g/mol. The lowest BCUT2D eigenvalue weighted by Crippen LogP contribution is -2.25. The van der Waals surface area contributed by atoms with Gasteiger partial charge in [-0.15, -0.1) is 0 Å². The third-order valence-corrected chi connectivity index (χ3v) is 4.54. The molecule has 0 atom stereocenters. The van der Waals surface area contributed by atoms with Gasteiger partial charge in [-0.05, 0) is 43.2 Å². The molecule has 0 fully saturated rings. The normalized spacial score (nSPS) is 13.1. The fourth-order valence-electron chi connectivity index (χ4n) is 3.36. The summed E-state index contributed by atoms with van der Waals surface area (Å²) in [5, 5.41) is 2.93. The van der Waals surface area contributed by atoms with E-state index in [1.807, 2.05) is 49.5 Å². The van der Waals surface area contributed by atoms with Gasteiger partial charge >= 0.3 is 0 Å². The monoisotopic (exact) mass is 334 g/mol. The van der Waals surface area contributed by atoms with Crippen LogP contribution < -0.4 is 10.2 Å². The lowest BCUT2D eigenvalue weighted by Gasteiger charge is -2.16. The Hall–Kier alpha value is -3.15. The van der Waals surface area contributed by atoms with E-state index in [4.69, 9.17) is 0 Å². The fraction of sp³-hybridized carbons (Fsp3) is 0.211. The van der Waals surface area contributed by atoms with Crippen molar-refractivity contribution in [3.63, 3.8) is 0 Å². The van der Waals surface area contributed by atoms with E-state index >= 15 is 0 Å². The first kappa shape index (κ1) is 15.4. The van der Waals surface area contributed by atoms with Gasteiger partial charge < -0.3 is 10.2 Å². The molecule has 6 nitrogen and oxygen atoms in total. The number of fused-ring (bicyclic) bond motifs is 2. The van der Waals surface area contributed by atoms with Crippen molar-refractivity contribution in [2.24, 2.45) is 0 Å². The van der Waals surface area contributed by atoms with Gasteiger partial charge in [-0.2, -0.15) is 0 Å². The largest absolute Gasteiger partial charge is 0.321 e. The molecule has 0 unspecified atom stereocenters. The molecule has 1 N–H and O–H groups in total. The highest BCUT2D eigenvalue weighted by Gasteiger charge is 2.23. The molecule has 2 amide bonds. The molecule has 0 aliphatic carbocycles. The number of pyridine rings is 1. The van der Waals surface area contributed by atoms with Crippen LogP contribution in [0.1, 0.15) is 28.7 Å². The van der Waals surface area contributed by atoms with Gasteiger partial charge in [-0.25, -0.2) is 4.98 Å². The predicted octanol–water partition coefficient (Wildman–Crippen LogP) is 2.80. The van der Waals surface area contributed by atoms with E-state index in [0.29, 0.717) is 23.6 Å². The highest BCUT2D eigenvalue weighted by Crippen LogP contribution is 2.31. The van der Waals surface area contributed by atoms with E-state index in [1.54, 1.807) is 16.2 Å². The molecule has 2 aromatic heterocycles. The maximum atomic E-state index is 12.8. The third-order valence-electron chi connectivity index (χ3n) is 4.54. The molecule has 0 saturated carbocycles. The Bertz CT molecular complexity index is 1010. The maximum absolute atomic E-state index is 12.8. The van der Waals surface area contributed by atoms with Crippen molar-refractivity contribution in [3.8, 4) is 0 Å². The van der Waals surface area contributed by atoms with Crippen LogP contribution in [0.2, 0.25) is 0 Å². The van der Waals surface area contributed by atoms with Crippen LogP contribution in [0.5, 0.6) is 0 Å². The number of carbonyl (C=O) groups excluding carboxylic acids is 2. The molecule has 3 aromatic rings. The second-order valence-corrected chi connectivity index (χ2v) is 6.19. The molecule has 25 heavy (non-hydrogen) atoms. The van der Waals surface area contributed by atoms with Gasteiger partial charge in [0.15, 0.2) is 0 Å². The van der Waals surface area contributed by atoms with Gasteiger partial charge in [0.2, 0.25) is 5.91 Å². The molecule has 4 rings (SSSR count). The molecule has 126 valence electrons. The Kier molecular flexibility index (Phi) is 3.53. The topological polar surface area (TPSA) is 66.7 Å². The van der Waals surface area contributed by atoms with E-state index in [-0.39, 0.29) is 11.8 Å². The number of aryl methyl sites for hydroxylation is 1. The Labute approximate surface area is 145 Å². The molecule has 1 aromatic carbocycles. The number of nitrogens with one attached hydrogen (secondary N) is 1. The van der Waals surface area contributed by atoms with Crippen LogP contribution in [0.3, 0.4) is 0 Å². The number of amides is 2. The van der Waals surface area contributed by atoms with Crippen LogP contribution in [-0.2, 0) is 11.2 Å². The number of carbonyl (C=O) groups is 2. The van der Waals surface area contributed by atoms with Crippen LogP contribution >= 0.6 is 0 Å². The van der Waals surface area contributed by atoms with E-state index in [0.717, 1.165) is 23.3 Å². The fourth-order valence-corrected chi connectivity index (χ4v) is 3.36. The maximum Gasteiger partial charge on any atom is 0.274 e. The summed E-state index contributed by atoms with van der Waals surface area (Å²) >= 11 is 0. The van der Waals surface area contributed by atoms with Crippen LogP contribution in [0.15, 0.2) is 42.6 Å². The molecule has 0 radical (unpaired) electrons. The lowest BCUT2D eigenvalue weighted by molar-refractivity contribution is -0.116. The zero-order chi connectivity index (χ0) is 17.6. The molecule has 0 spiro atoms. The lowest BCUT2D eigenvalue weighted by atomic mass is 10.1. The summed E-state index contributed by atoms with van der Waals surface area (Å²) in [6.07, 6.45) is 2.67. The first-order chi connectivity index (χ1) is 12.0. The number of hydrogen-bond donors (Lipinski definition) is 1. The summed E-state index contributed by atoms with van der Waals surface area (Å²) < 4.78 is 1.78. The number of imidazole rings is 1. The Morgan fingerprint density at radius 3 is 2.84 bits per heavy atom. The van der Waals surface area contributed by atoms with Crippen LogP contribution in [-0.4, -0.2) is 27.7 Å². The SMILES string of the molecule is CC(=O)N1CCc2ccc(NC(=O)c3c(C)nc4ccccn34)cc21. The van der Waals surface area contributed by atoms with Crippen molar-refractivity contribution in [1.82, 2.24) is 9.38 Å². The predicted molar refractivity (Wildman–Crippen MR) is 96.1 cm³/mol. The zero-order valence-corrected chi connectivity index (χ0v) is 14.1. The summed E-state index contributed by atoms with van der Waals surface area (Å²) in [7, 11) is 0. The minimum absolute atomic E-state index is 0.0138. The zero-order valence-electron chi connectivity index (χ0n) is 14.1. The molecule has 1 aliphatic heterocycles. The van der Waals surface area contributed by atoms with Gasteiger partial charge in [0.1, 0.15) is 11.3 Å². The summed E-state index contributed by atoms with van der Waals surface area (Å²) in [4.78, 5) is 30.7. The summed E-state index contributed by atoms with van der Waals surface area (Å²) in [5.74, 6) is -0.205. The molecule has 1 aliphatic rings. The molecule has 0 bridgehead atoms. The number of anilines is 2. The second kappa shape index (κ2) is 5.73. The van der Waals surface area contributed by atoms with Crippen LogP contribution in [0, 0.1) is 6.92 Å². The van der Waals surface area contributed by atoms with Gasteiger partial charge in [-0.3, -0.25) is 14.0 Å². The van der Waals surface area contributed by atoms with E-state index < -0.39 is 0 Å². The standard InChI is InChI=1S/C19H18N4O2/c1-12-18(23-9-4-3-5-17(23)20-12)19(25)21-15-7-6-14-8-10-22(13(2)24)16(14)11-15/h3-7,9,11H,8,10H2,1-2H3,(H,21,25). The van der Waals surface area contributed by atoms with Crippen molar-refractivity contribution in [2.75, 3.05) is 16.8 Å². The third kappa shape index (κ3) is 2.55. The second-order valence-electron chi connectivity index (χ2n) is 6.19. The smallest absolute Gasteiger partial charge is 0.274 e. The molecule has 3 heterocycles. The Morgan fingerprint density at radius 1 is 1.20 bits per heavy atom. The van der Waals surface area contributed by atoms with Gasteiger partial charge in [0.25, 0.3) is 5.91 Å². The van der Waals surface area contributed by atoms with Crippen molar-refractivity contribution in [1.29, 1.82) is 0 Å². The number of benzene rings is 1. The highest BCUT2D eigenvalue weighted by atomic mass is 16.2. The quantitative estimate of drug-likeness (QED) is 0.784. The summed E-state index contributed by atoms with van der Waals surface area (Å²) in [6.45, 7) is 4.07. The number of hydrogen-bond acceptors (Lipinski definition) is 3. The van der Waals surface area contributed by atoms with E-state index in [1.165, 1.54) is 0 Å². The minimum atomic E-state index is -0.219. The van der Waals surface area contributed by atoms with E-state index in [2.05, 4.69) is 10.3 Å². The molecular weight excluding hydrogens is 316 g/mol.